The van der Waals surface area contributed by atoms with Gasteiger partial charge < -0.3 is 278 Å². The van der Waals surface area contributed by atoms with E-state index < -0.39 is 416 Å². The predicted octanol–water partition coefficient (Wildman–Crippen LogP) is -24.8. The van der Waals surface area contributed by atoms with Gasteiger partial charge in [0.05, 0.1) is 72.7 Å². The molecule has 0 aromatic carbocycles. The molecular weight excluding hydrogens is 1730 g/mol. The summed E-state index contributed by atoms with van der Waals surface area (Å²) < 4.78 is 122. The number of hydrogen-bond donors (Lipinski definition) is 35. The number of aliphatic hydroxyl groups is 34. The predicted molar refractivity (Wildman–Crippen MR) is 374 cm³/mol. The Balaban J connectivity index is 0.915. The van der Waals surface area contributed by atoms with Gasteiger partial charge in [-0.3, -0.25) is 4.79 Å². The van der Waals surface area contributed by atoms with Crippen LogP contribution in [-0.4, -0.2) is 590 Å². The second-order valence-electron chi connectivity index (χ2n) is 31.7. The molecule has 0 spiro atoms. The molecule has 11 aliphatic rings. The molecule has 1 unspecified atom stereocenters. The molecule has 57 nitrogen and oxygen atoms in total. The Labute approximate surface area is 704 Å². The van der Waals surface area contributed by atoms with Gasteiger partial charge >= 0.3 is 0 Å². The fraction of sp³-hybridized carbons (Fsp3) is 0.985. The molecule has 55 atom stereocenters. The first kappa shape index (κ1) is 103. The first-order chi connectivity index (χ1) is 59.2. The van der Waals surface area contributed by atoms with Gasteiger partial charge in [0.25, 0.3) is 0 Å². The fourth-order valence-electron chi connectivity index (χ4n) is 15.9. The van der Waals surface area contributed by atoms with Crippen LogP contribution in [0.1, 0.15) is 6.92 Å². The van der Waals surface area contributed by atoms with E-state index in [1.54, 1.807) is 0 Å². The third-order valence-electron chi connectivity index (χ3n) is 23.4. The molecule has 0 aromatic rings. The highest BCUT2D eigenvalue weighted by molar-refractivity contribution is 5.73. The summed E-state index contributed by atoms with van der Waals surface area (Å²) in [4.78, 5) is 12.4. The van der Waals surface area contributed by atoms with Crippen molar-refractivity contribution in [3.05, 3.63) is 0 Å². The van der Waals surface area contributed by atoms with Crippen molar-refractivity contribution < 1.29 is 278 Å². The minimum Gasteiger partial charge on any atom is -0.394 e. The van der Waals surface area contributed by atoms with Gasteiger partial charge in [-0.1, -0.05) is 0 Å². The molecule has 0 bridgehead atoms. The van der Waals surface area contributed by atoms with E-state index in [9.17, 15) is 178 Å². The summed E-state index contributed by atoms with van der Waals surface area (Å²) in [7, 11) is 0. The average Bonchev–Trinajstić information content (AvgIpc) is 0.789. The number of nitrogens with one attached hydrogen (secondary N) is 1. The van der Waals surface area contributed by atoms with Crippen LogP contribution < -0.4 is 5.32 Å². The van der Waals surface area contributed by atoms with E-state index in [0.29, 0.717) is 0 Å². The van der Waals surface area contributed by atoms with Crippen LogP contribution in [0.4, 0.5) is 0 Å². The SMILES string of the molecule is CC(=O)N[C@H]1C(O)O[C@H](CO)[C@@H](O[C@@H]2O[C@H](CO[C@H]3O[C@H](CO[C@H]4O[C@H](CO[C@H]5O[C@H](CO)[C@@H](O)[C@H](O)[C@@H]5O[C@H]5O[C@H](CO)[C@@H](O)[C@H](O)[C@@H]5O)[C@@H](O)[C@H](O)[C@@H]4O[C@H]4O[C@H](CO)[C@@H](O)[C@H](O)[C@@H]4O)[C@@H](O)[C@H](O[C@H]4O[C@H](CO)[C@@H](O)[C@H](O)[C@@H]4O)[C@@H]3O)[C@@H](O)[C@H](O[C@H]3O[C@H](CO)[C@@H](O)[C@H](O)[C@@H]3O[C@H]3O[C@H](CO)[C@@H](O)[C@H](O)[C@@H]3O[C@H]3O[C@H](CO)[C@@H](O)[C@H](O)[C@@H]3O)[C@@H]2O)[C@@H]1O. The largest absolute Gasteiger partial charge is 0.394 e. The maximum atomic E-state index is 12.6. The van der Waals surface area contributed by atoms with Gasteiger partial charge in [0.1, 0.15) is 269 Å². The monoisotopic (exact) mass is 1840 g/mol. The molecule has 35 N–H and O–H groups in total. The van der Waals surface area contributed by atoms with Crippen LogP contribution >= 0.6 is 0 Å². The highest BCUT2D eigenvalue weighted by Gasteiger charge is 2.62. The molecule has 728 valence electrons. The highest BCUT2D eigenvalue weighted by Crippen LogP contribution is 2.41. The lowest BCUT2D eigenvalue weighted by Crippen LogP contribution is -2.69. The van der Waals surface area contributed by atoms with E-state index in [-0.39, 0.29) is 0 Å². The minimum atomic E-state index is -2.59. The van der Waals surface area contributed by atoms with Gasteiger partial charge in [-0.05, 0) is 0 Å². The average molecular weight is 1840 g/mol. The molecule has 11 saturated heterocycles. The summed E-state index contributed by atoms with van der Waals surface area (Å²) in [6, 6.07) is -1.83. The second-order valence-corrected chi connectivity index (χ2v) is 31.7. The number of aliphatic hydroxyl groups excluding tert-OH is 34. The van der Waals surface area contributed by atoms with Gasteiger partial charge in [-0.25, -0.2) is 0 Å². The molecule has 0 aromatic heterocycles. The summed E-state index contributed by atoms with van der Waals surface area (Å²) in [6.07, 6.45) is -118. The zero-order valence-electron chi connectivity index (χ0n) is 65.7. The lowest BCUT2D eigenvalue weighted by atomic mass is 9.94. The van der Waals surface area contributed by atoms with Crippen LogP contribution in [0.3, 0.4) is 0 Å². The Kier molecular flexibility index (Phi) is 36.7. The molecule has 11 heterocycles. The molecule has 1 amide bonds. The van der Waals surface area contributed by atoms with Crippen LogP contribution in [0, 0.1) is 0 Å². The van der Waals surface area contributed by atoms with E-state index in [4.69, 9.17) is 99.5 Å². The number of carbonyl (C=O) groups is 1. The van der Waals surface area contributed by atoms with Gasteiger partial charge in [0.15, 0.2) is 69.2 Å². The number of ether oxygens (including phenoxy) is 21. The lowest BCUT2D eigenvalue weighted by molar-refractivity contribution is -0.407. The molecular formula is C68H115NO56. The van der Waals surface area contributed by atoms with Crippen molar-refractivity contribution in [1.82, 2.24) is 5.32 Å². The van der Waals surface area contributed by atoms with E-state index in [1.165, 1.54) is 0 Å². The Morgan fingerprint density at radius 3 is 0.752 bits per heavy atom. The van der Waals surface area contributed by atoms with Gasteiger partial charge in [-0.15, -0.1) is 0 Å². The van der Waals surface area contributed by atoms with Crippen molar-refractivity contribution in [2.45, 2.75) is 345 Å². The Morgan fingerprint density at radius 2 is 0.424 bits per heavy atom. The van der Waals surface area contributed by atoms with Crippen molar-refractivity contribution in [1.29, 1.82) is 0 Å². The number of rotatable bonds is 32. The standard InChI is InChI=1S/C68H115NO56/c1-13(78)69-25-36(89)51(21(9-77)108-58(25)104)119-64-50(103)53(121-67-57(43(96)32(85)19(7-75)114-67)125-68-56(42(95)31(84)20(8-76)115-68)124-63-48(101)40(93)29(82)17(5-73)112-63)35(88)24(117-64)11-105-59-49(102)52(120-60-45(98)37(90)26(79)14(2-70)109-60)34(87)23(116-59)12-107-66-55(123-62-47(100)39(92)28(81)16(4-72)111-62)44(97)33(86)22(118-66)10-106-65-54(41(94)30(83)18(6-74)113-65)122-61-46(99)38(91)27(80)15(3-71)110-61/h14-68,70-77,79-104H,2-12H2,1H3,(H,69,78)/t14-,15-,16-,17-,18-,19-,20-,21-,22-,23-,24-,25-,26-,27-,28-,29-,30-,31-,32-,33-,34-,35-,36-,37+,38+,39+,40+,41+,42+,43+,44+,45+,46+,47+,48+,49+,50+,51-,52+,53+,54+,55+,56+,57+,58?,59+,60-,61-,62-,63-,64+,65+,66+,67-,68-/m1/s1. The Morgan fingerprint density at radius 1 is 0.208 bits per heavy atom. The van der Waals surface area contributed by atoms with E-state index >= 15 is 0 Å². The van der Waals surface area contributed by atoms with E-state index in [0.717, 1.165) is 6.92 Å². The zero-order chi connectivity index (χ0) is 91.7. The zero-order valence-corrected chi connectivity index (χ0v) is 65.7. The van der Waals surface area contributed by atoms with Gasteiger partial charge in [0, 0.05) is 6.92 Å². The minimum absolute atomic E-state index is 0.894. The summed E-state index contributed by atoms with van der Waals surface area (Å²) >= 11 is 0. The summed E-state index contributed by atoms with van der Waals surface area (Å²) in [5.41, 5.74) is 0. The molecule has 125 heavy (non-hydrogen) atoms. The molecule has 57 heteroatoms. The first-order valence-corrected chi connectivity index (χ1v) is 39.7. The summed E-state index contributed by atoms with van der Waals surface area (Å²) in [5, 5.41) is 378. The molecule has 11 fully saturated rings. The number of carbonyl (C=O) groups excluding carboxylic acids is 1. The van der Waals surface area contributed by atoms with Crippen LogP contribution in [0.5, 0.6) is 0 Å². The van der Waals surface area contributed by atoms with Crippen molar-refractivity contribution in [2.75, 3.05) is 72.7 Å². The highest BCUT2D eigenvalue weighted by atomic mass is 16.8. The van der Waals surface area contributed by atoms with Gasteiger partial charge in [0.2, 0.25) is 5.91 Å². The third-order valence-corrected chi connectivity index (χ3v) is 23.4. The molecule has 11 aliphatic heterocycles. The van der Waals surface area contributed by atoms with Crippen molar-refractivity contribution in [2.24, 2.45) is 0 Å². The maximum absolute atomic E-state index is 12.6. The Bertz CT molecular complexity index is 3250. The van der Waals surface area contributed by atoms with Crippen molar-refractivity contribution in [3.8, 4) is 0 Å². The number of amides is 1. The molecule has 0 saturated carbocycles. The molecule has 11 rings (SSSR count). The maximum Gasteiger partial charge on any atom is 0.217 e. The Hall–Kier alpha value is -2.73. The fourth-order valence-corrected chi connectivity index (χ4v) is 15.9. The second kappa shape index (κ2) is 44.6. The van der Waals surface area contributed by atoms with E-state index in [1.807, 2.05) is 0 Å². The normalized spacial score (nSPS) is 52.7. The van der Waals surface area contributed by atoms with Crippen LogP contribution in [-0.2, 0) is 104 Å². The van der Waals surface area contributed by atoms with Crippen LogP contribution in [0.15, 0.2) is 0 Å². The van der Waals surface area contributed by atoms with Crippen molar-refractivity contribution in [3.63, 3.8) is 0 Å². The summed E-state index contributed by atoms with van der Waals surface area (Å²) in [6.45, 7) is -11.5. The molecule has 0 aliphatic carbocycles. The van der Waals surface area contributed by atoms with E-state index in [2.05, 4.69) is 5.32 Å². The van der Waals surface area contributed by atoms with Crippen LogP contribution in [0.25, 0.3) is 0 Å². The quantitative estimate of drug-likeness (QED) is 0.0297. The molecule has 0 radical (unpaired) electrons. The smallest absolute Gasteiger partial charge is 0.217 e. The first-order valence-electron chi connectivity index (χ1n) is 39.7. The lowest BCUT2D eigenvalue weighted by Gasteiger charge is -2.50. The summed E-state index contributed by atoms with van der Waals surface area (Å²) in [5.74, 6) is -0.894. The third kappa shape index (κ3) is 22.0. The van der Waals surface area contributed by atoms with Crippen molar-refractivity contribution >= 4 is 5.91 Å². The van der Waals surface area contributed by atoms with Crippen LogP contribution in [0.2, 0.25) is 0 Å². The topological polar surface area (TPSA) is 911 Å². The van der Waals surface area contributed by atoms with Gasteiger partial charge in [-0.2, -0.15) is 0 Å². The number of hydrogen-bond acceptors (Lipinski definition) is 56.